The summed E-state index contributed by atoms with van der Waals surface area (Å²) in [5.41, 5.74) is 2.43. The van der Waals surface area contributed by atoms with Crippen LogP contribution in [-0.4, -0.2) is 43.5 Å². The van der Waals surface area contributed by atoms with E-state index in [4.69, 9.17) is 5.14 Å². The molecule has 2 heterocycles. The number of piperidine rings is 1. The Hall–Kier alpha value is -3.24. The maximum absolute atomic E-state index is 13.0. The number of para-hydroxylation sites is 2. The van der Waals surface area contributed by atoms with Crippen molar-refractivity contribution >= 4 is 32.8 Å². The average Bonchev–Trinajstić information content (AvgIpc) is 2.83. The number of hydrogen-bond donors (Lipinski definition) is 2. The van der Waals surface area contributed by atoms with E-state index in [2.05, 4.69) is 10.3 Å². The average molecular weight is 484 g/mol. The van der Waals surface area contributed by atoms with Gasteiger partial charge < -0.3 is 14.8 Å². The highest BCUT2D eigenvalue weighted by Crippen LogP contribution is 2.22. The van der Waals surface area contributed by atoms with Crippen molar-refractivity contribution in [3.63, 3.8) is 0 Å². The smallest absolute Gasteiger partial charge is 0.293 e. The van der Waals surface area contributed by atoms with Gasteiger partial charge in [-0.1, -0.05) is 24.3 Å². The van der Waals surface area contributed by atoms with Gasteiger partial charge in [-0.05, 0) is 56.0 Å². The summed E-state index contributed by atoms with van der Waals surface area (Å²) in [6.07, 6.45) is 1.89. The molecule has 34 heavy (non-hydrogen) atoms. The number of carbonyl (C=O) groups is 1. The summed E-state index contributed by atoms with van der Waals surface area (Å²) in [5.74, 6) is 0.329. The molecule has 3 aromatic rings. The van der Waals surface area contributed by atoms with Crippen LogP contribution in [0.2, 0.25) is 0 Å². The minimum Gasteiger partial charge on any atom is -0.356 e. The molecule has 180 valence electrons. The number of rotatable bonds is 7. The van der Waals surface area contributed by atoms with Crippen LogP contribution in [0.4, 0.5) is 5.82 Å². The Morgan fingerprint density at radius 3 is 2.44 bits per heavy atom. The fourth-order valence-electron chi connectivity index (χ4n) is 4.37. The lowest BCUT2D eigenvalue weighted by Crippen LogP contribution is -2.43. The van der Waals surface area contributed by atoms with Crippen molar-refractivity contribution in [3.05, 3.63) is 64.4 Å². The number of nitrogens with zero attached hydrogens (tertiary/aromatic N) is 3. The minimum absolute atomic E-state index is 0.00162. The second kappa shape index (κ2) is 9.94. The van der Waals surface area contributed by atoms with Crippen LogP contribution in [0.3, 0.4) is 0 Å². The number of aryl methyl sites for hydroxylation is 1. The molecule has 9 nitrogen and oxygen atoms in total. The number of anilines is 1. The van der Waals surface area contributed by atoms with E-state index in [0.29, 0.717) is 51.3 Å². The monoisotopic (exact) mass is 483 g/mol. The van der Waals surface area contributed by atoms with Crippen LogP contribution in [0.5, 0.6) is 0 Å². The largest absolute Gasteiger partial charge is 0.356 e. The molecule has 0 atom stereocenters. The van der Waals surface area contributed by atoms with Gasteiger partial charge in [0, 0.05) is 32.1 Å². The van der Waals surface area contributed by atoms with Gasteiger partial charge >= 0.3 is 0 Å². The molecule has 10 heteroatoms. The number of hydrogen-bond acceptors (Lipinski definition) is 6. The van der Waals surface area contributed by atoms with Crippen LogP contribution in [0, 0.1) is 5.92 Å². The molecule has 0 aliphatic carbocycles. The third-order valence-electron chi connectivity index (χ3n) is 6.28. The number of benzene rings is 2. The SMILES string of the molecule is CCn1c(=O)c(N2CCC(C(=O)NCCc3ccc(S(N)(=O)=O)cc3)CC2)nc2ccccc21. The lowest BCUT2D eigenvalue weighted by atomic mass is 9.96. The van der Waals surface area contributed by atoms with Crippen molar-refractivity contribution in [3.8, 4) is 0 Å². The molecule has 4 rings (SSSR count). The Balaban J connectivity index is 1.33. The van der Waals surface area contributed by atoms with Gasteiger partial charge in [0.1, 0.15) is 0 Å². The highest BCUT2D eigenvalue weighted by Gasteiger charge is 2.27. The van der Waals surface area contributed by atoms with Crippen LogP contribution >= 0.6 is 0 Å². The molecule has 1 aliphatic rings. The van der Waals surface area contributed by atoms with Crippen LogP contribution < -0.4 is 20.9 Å². The van der Waals surface area contributed by atoms with Crippen molar-refractivity contribution in [1.82, 2.24) is 14.9 Å². The van der Waals surface area contributed by atoms with Crippen molar-refractivity contribution in [2.45, 2.75) is 37.6 Å². The fourth-order valence-corrected chi connectivity index (χ4v) is 4.89. The fraction of sp³-hybridized carbons (Fsp3) is 0.375. The first kappa shape index (κ1) is 23.9. The molecule has 0 bridgehead atoms. The predicted molar refractivity (Wildman–Crippen MR) is 131 cm³/mol. The standard InChI is InChI=1S/C24H29N5O4S/c1-2-29-21-6-4-3-5-20(21)27-22(24(29)31)28-15-12-18(13-16-28)23(30)26-14-11-17-7-9-19(10-8-17)34(25,32)33/h3-10,18H,2,11-16H2,1H3,(H,26,30)(H2,25,32,33). The van der Waals surface area contributed by atoms with E-state index in [1.807, 2.05) is 36.1 Å². The van der Waals surface area contributed by atoms with Crippen molar-refractivity contribution in [1.29, 1.82) is 0 Å². The predicted octanol–water partition coefficient (Wildman–Crippen LogP) is 1.64. The highest BCUT2D eigenvalue weighted by atomic mass is 32.2. The van der Waals surface area contributed by atoms with Gasteiger partial charge in [0.2, 0.25) is 15.9 Å². The molecular weight excluding hydrogens is 454 g/mol. The van der Waals surface area contributed by atoms with E-state index in [1.165, 1.54) is 12.1 Å². The summed E-state index contributed by atoms with van der Waals surface area (Å²) in [6, 6.07) is 14.0. The number of fused-ring (bicyclic) bond motifs is 1. The zero-order valence-corrected chi connectivity index (χ0v) is 19.9. The van der Waals surface area contributed by atoms with Gasteiger partial charge in [0.05, 0.1) is 15.9 Å². The molecule has 0 spiro atoms. The number of aromatic nitrogens is 2. The Bertz CT molecular complexity index is 1340. The van der Waals surface area contributed by atoms with E-state index in [9.17, 15) is 18.0 Å². The van der Waals surface area contributed by atoms with E-state index in [0.717, 1.165) is 16.6 Å². The molecular formula is C24H29N5O4S. The second-order valence-corrected chi connectivity index (χ2v) is 10.0. The zero-order valence-electron chi connectivity index (χ0n) is 19.1. The highest BCUT2D eigenvalue weighted by molar-refractivity contribution is 7.89. The van der Waals surface area contributed by atoms with Crippen LogP contribution in [0.1, 0.15) is 25.3 Å². The first-order valence-electron chi connectivity index (χ1n) is 11.4. The summed E-state index contributed by atoms with van der Waals surface area (Å²) in [7, 11) is -3.71. The van der Waals surface area contributed by atoms with Crippen LogP contribution in [-0.2, 0) is 27.8 Å². The third kappa shape index (κ3) is 5.13. The molecule has 1 saturated heterocycles. The number of amides is 1. The maximum atomic E-state index is 13.0. The van der Waals surface area contributed by atoms with Crippen molar-refractivity contribution in [2.75, 3.05) is 24.5 Å². The zero-order chi connectivity index (χ0) is 24.3. The number of primary sulfonamides is 1. The summed E-state index contributed by atoms with van der Waals surface area (Å²) < 4.78 is 24.4. The second-order valence-electron chi connectivity index (χ2n) is 8.46. The van der Waals surface area contributed by atoms with Gasteiger partial charge in [-0.25, -0.2) is 18.5 Å². The third-order valence-corrected chi connectivity index (χ3v) is 7.21. The first-order valence-corrected chi connectivity index (χ1v) is 13.0. The number of nitrogens with one attached hydrogen (secondary N) is 1. The van der Waals surface area contributed by atoms with Crippen LogP contribution in [0.25, 0.3) is 11.0 Å². The minimum atomic E-state index is -3.71. The summed E-state index contributed by atoms with van der Waals surface area (Å²) in [5, 5.41) is 8.08. The van der Waals surface area contributed by atoms with E-state index < -0.39 is 10.0 Å². The Labute approximate surface area is 198 Å². The molecule has 1 amide bonds. The Morgan fingerprint density at radius 1 is 1.12 bits per heavy atom. The quantitative estimate of drug-likeness (QED) is 0.526. The van der Waals surface area contributed by atoms with Crippen molar-refractivity contribution < 1.29 is 13.2 Å². The van der Waals surface area contributed by atoms with Gasteiger partial charge in [-0.15, -0.1) is 0 Å². The molecule has 1 aliphatic heterocycles. The normalized spacial score (nSPS) is 14.9. The Kier molecular flexibility index (Phi) is 6.99. The van der Waals surface area contributed by atoms with Gasteiger partial charge in [-0.3, -0.25) is 9.59 Å². The van der Waals surface area contributed by atoms with Crippen molar-refractivity contribution in [2.24, 2.45) is 11.1 Å². The van der Waals surface area contributed by atoms with Gasteiger partial charge in [-0.2, -0.15) is 0 Å². The first-order chi connectivity index (χ1) is 16.3. The summed E-state index contributed by atoms with van der Waals surface area (Å²) in [4.78, 5) is 32.4. The number of carbonyl (C=O) groups excluding carboxylic acids is 1. The van der Waals surface area contributed by atoms with Gasteiger partial charge in [0.25, 0.3) is 5.56 Å². The molecule has 1 aromatic heterocycles. The van der Waals surface area contributed by atoms with E-state index >= 15 is 0 Å². The van der Waals surface area contributed by atoms with E-state index in [1.54, 1.807) is 16.7 Å². The molecule has 0 radical (unpaired) electrons. The van der Waals surface area contributed by atoms with E-state index in [-0.39, 0.29) is 22.3 Å². The molecule has 3 N–H and O–H groups in total. The topological polar surface area (TPSA) is 127 Å². The molecule has 1 fully saturated rings. The molecule has 2 aromatic carbocycles. The number of sulfonamides is 1. The molecule has 0 saturated carbocycles. The maximum Gasteiger partial charge on any atom is 0.293 e. The lowest BCUT2D eigenvalue weighted by molar-refractivity contribution is -0.125. The summed E-state index contributed by atoms with van der Waals surface area (Å²) in [6.45, 7) is 4.16. The summed E-state index contributed by atoms with van der Waals surface area (Å²) >= 11 is 0. The Morgan fingerprint density at radius 2 is 1.79 bits per heavy atom. The number of nitrogens with two attached hydrogens (primary N) is 1. The molecule has 0 unspecified atom stereocenters. The van der Waals surface area contributed by atoms with Gasteiger partial charge in [0.15, 0.2) is 5.82 Å². The lowest BCUT2D eigenvalue weighted by Gasteiger charge is -2.32. The van der Waals surface area contributed by atoms with Crippen LogP contribution in [0.15, 0.2) is 58.2 Å².